The molecule has 29 heavy (non-hydrogen) atoms. The van der Waals surface area contributed by atoms with Gasteiger partial charge in [-0.25, -0.2) is 0 Å². The summed E-state index contributed by atoms with van der Waals surface area (Å²) in [6.45, 7) is 2.02. The molecule has 0 saturated carbocycles. The number of nitrogens with zero attached hydrogens (tertiary/aromatic N) is 2. The molecule has 2 aromatic carbocycles. The van der Waals surface area contributed by atoms with Gasteiger partial charge in [0.25, 0.3) is 0 Å². The first-order valence-corrected chi connectivity index (χ1v) is 9.86. The van der Waals surface area contributed by atoms with Crippen LogP contribution in [0.5, 0.6) is 17.2 Å². The summed E-state index contributed by atoms with van der Waals surface area (Å²) in [5, 5.41) is 19.2. The lowest BCUT2D eigenvalue weighted by molar-refractivity contribution is 0.352. The van der Waals surface area contributed by atoms with Crippen LogP contribution in [-0.4, -0.2) is 24.7 Å². The van der Waals surface area contributed by atoms with E-state index in [2.05, 4.69) is 22.0 Å². The van der Waals surface area contributed by atoms with Gasteiger partial charge in [-0.3, -0.25) is 5.41 Å². The third-order valence-corrected chi connectivity index (χ3v) is 6.03. The second kappa shape index (κ2) is 7.12. The van der Waals surface area contributed by atoms with E-state index in [1.165, 1.54) is 0 Å². The van der Waals surface area contributed by atoms with Crippen LogP contribution in [0.25, 0.3) is 10.9 Å². The van der Waals surface area contributed by atoms with Crippen molar-refractivity contribution in [3.05, 3.63) is 51.6 Å². The van der Waals surface area contributed by atoms with Crippen LogP contribution in [-0.2, 0) is 7.05 Å². The van der Waals surface area contributed by atoms with Gasteiger partial charge in [0.2, 0.25) is 5.90 Å². The first kappa shape index (κ1) is 19.3. The highest BCUT2D eigenvalue weighted by atomic mass is 79.9. The lowest BCUT2D eigenvalue weighted by Gasteiger charge is -2.31. The van der Waals surface area contributed by atoms with E-state index in [4.69, 9.17) is 19.6 Å². The lowest BCUT2D eigenvalue weighted by Crippen LogP contribution is -2.31. The number of methoxy groups -OCH3 is 2. The monoisotopic (exact) mass is 453 g/mol. The molecule has 0 bridgehead atoms. The molecule has 0 amide bonds. The summed E-state index contributed by atoms with van der Waals surface area (Å²) >= 11 is 3.54. The van der Waals surface area contributed by atoms with E-state index in [0.29, 0.717) is 17.2 Å². The molecule has 0 radical (unpaired) electrons. The summed E-state index contributed by atoms with van der Waals surface area (Å²) in [6, 6.07) is 10.1. The minimum absolute atomic E-state index is 0.0494. The highest BCUT2D eigenvalue weighted by Gasteiger charge is 2.39. The average Bonchev–Trinajstić information content (AvgIpc) is 3.00. The largest absolute Gasteiger partial charge is 0.493 e. The highest BCUT2D eigenvalue weighted by Crippen LogP contribution is 2.48. The summed E-state index contributed by atoms with van der Waals surface area (Å²) in [6.07, 6.45) is 2.04. The van der Waals surface area contributed by atoms with Crippen LogP contribution in [0.15, 0.2) is 34.9 Å². The van der Waals surface area contributed by atoms with Crippen molar-refractivity contribution < 1.29 is 14.2 Å². The number of halogens is 1. The third-order valence-electron chi connectivity index (χ3n) is 5.44. The molecule has 4 rings (SSSR count). The van der Waals surface area contributed by atoms with Gasteiger partial charge in [0.1, 0.15) is 11.7 Å². The number of hydrogen-bond acceptors (Lipinski definition) is 5. The SMILES string of the molecule is COc1cc(C2c3ccc4c(c(C)cn4C)c3OC(=N)C2C#N)cc(Br)c1OC. The summed E-state index contributed by atoms with van der Waals surface area (Å²) in [7, 11) is 5.14. The molecule has 1 aromatic heterocycles. The maximum atomic E-state index is 9.84. The van der Waals surface area contributed by atoms with Crippen molar-refractivity contribution in [3.63, 3.8) is 0 Å². The molecule has 2 heterocycles. The number of aromatic nitrogens is 1. The second-order valence-corrected chi connectivity index (χ2v) is 7.94. The topological polar surface area (TPSA) is 80.3 Å². The second-order valence-electron chi connectivity index (χ2n) is 7.09. The maximum absolute atomic E-state index is 9.84. The molecular weight excluding hydrogens is 434 g/mol. The number of fused-ring (bicyclic) bond motifs is 3. The van der Waals surface area contributed by atoms with Gasteiger partial charge in [0, 0.05) is 30.1 Å². The Morgan fingerprint density at radius 3 is 2.66 bits per heavy atom. The summed E-state index contributed by atoms with van der Waals surface area (Å²) in [4.78, 5) is 0. The van der Waals surface area contributed by atoms with Gasteiger partial charge in [-0.05, 0) is 52.2 Å². The standard InChI is InChI=1S/C22H20BrN3O3/c1-11-10-26(2)16-6-5-13-19(14(9-24)22(25)29-20(13)18(11)16)12-7-15(23)21(28-4)17(8-12)27-3/h5-8,10,14,19,25H,1-4H3. The third kappa shape index (κ3) is 2.87. The quantitative estimate of drug-likeness (QED) is 0.610. The van der Waals surface area contributed by atoms with Crippen LogP contribution in [0.3, 0.4) is 0 Å². The van der Waals surface area contributed by atoms with Crippen molar-refractivity contribution in [2.24, 2.45) is 13.0 Å². The molecule has 0 saturated heterocycles. The van der Waals surface area contributed by atoms with Crippen molar-refractivity contribution in [1.82, 2.24) is 4.57 Å². The normalized spacial score (nSPS) is 18.1. The van der Waals surface area contributed by atoms with E-state index in [9.17, 15) is 5.26 Å². The maximum Gasteiger partial charge on any atom is 0.205 e. The Morgan fingerprint density at radius 1 is 1.24 bits per heavy atom. The Hall–Kier alpha value is -2.98. The van der Waals surface area contributed by atoms with Gasteiger partial charge in [-0.1, -0.05) is 6.07 Å². The van der Waals surface area contributed by atoms with E-state index < -0.39 is 5.92 Å². The number of nitrogens with one attached hydrogen (secondary N) is 1. The molecule has 1 aliphatic heterocycles. The molecule has 3 aromatic rings. The van der Waals surface area contributed by atoms with Gasteiger partial charge in [-0.2, -0.15) is 5.26 Å². The Morgan fingerprint density at radius 2 is 2.00 bits per heavy atom. The van der Waals surface area contributed by atoms with E-state index in [1.807, 2.05) is 49.0 Å². The number of rotatable bonds is 3. The van der Waals surface area contributed by atoms with E-state index in [0.717, 1.165) is 32.1 Å². The Kier molecular flexibility index (Phi) is 4.75. The lowest BCUT2D eigenvalue weighted by atomic mass is 9.78. The van der Waals surface area contributed by atoms with Crippen molar-refractivity contribution in [1.29, 1.82) is 10.7 Å². The number of ether oxygens (including phenoxy) is 3. The molecular formula is C22H20BrN3O3. The molecule has 148 valence electrons. The number of nitriles is 1. The minimum Gasteiger partial charge on any atom is -0.493 e. The fourth-order valence-corrected chi connectivity index (χ4v) is 4.79. The molecule has 1 N–H and O–H groups in total. The first-order chi connectivity index (χ1) is 13.9. The van der Waals surface area contributed by atoms with E-state index in [-0.39, 0.29) is 11.8 Å². The molecule has 0 aliphatic carbocycles. The molecule has 1 aliphatic rings. The molecule has 2 atom stereocenters. The summed E-state index contributed by atoms with van der Waals surface area (Å²) in [5.41, 5.74) is 3.82. The molecule has 0 fully saturated rings. The average molecular weight is 454 g/mol. The van der Waals surface area contributed by atoms with Crippen LogP contribution in [0.1, 0.15) is 22.6 Å². The van der Waals surface area contributed by atoms with Gasteiger partial charge in [0.15, 0.2) is 11.5 Å². The zero-order valence-corrected chi connectivity index (χ0v) is 18.1. The molecule has 7 heteroatoms. The van der Waals surface area contributed by atoms with Gasteiger partial charge >= 0.3 is 0 Å². The predicted octanol–water partition coefficient (Wildman–Crippen LogP) is 4.91. The van der Waals surface area contributed by atoms with Crippen LogP contribution in [0.2, 0.25) is 0 Å². The van der Waals surface area contributed by atoms with Crippen molar-refractivity contribution >= 4 is 32.7 Å². The Balaban J connectivity index is 2.01. The van der Waals surface area contributed by atoms with Gasteiger partial charge in [-0.15, -0.1) is 0 Å². The van der Waals surface area contributed by atoms with Crippen LogP contribution < -0.4 is 14.2 Å². The van der Waals surface area contributed by atoms with Crippen molar-refractivity contribution in [2.45, 2.75) is 12.8 Å². The first-order valence-electron chi connectivity index (χ1n) is 9.07. The fraction of sp³-hybridized carbons (Fsp3) is 0.273. The predicted molar refractivity (Wildman–Crippen MR) is 114 cm³/mol. The smallest absolute Gasteiger partial charge is 0.205 e. The Bertz CT molecular complexity index is 1190. The van der Waals surface area contributed by atoms with Gasteiger partial charge < -0.3 is 18.8 Å². The van der Waals surface area contributed by atoms with E-state index >= 15 is 0 Å². The van der Waals surface area contributed by atoms with Crippen LogP contribution >= 0.6 is 15.9 Å². The minimum atomic E-state index is -0.742. The molecule has 2 unspecified atom stereocenters. The van der Waals surface area contributed by atoms with E-state index in [1.54, 1.807) is 14.2 Å². The van der Waals surface area contributed by atoms with Crippen molar-refractivity contribution in [3.8, 4) is 23.3 Å². The number of hydrogen-bond donors (Lipinski definition) is 1. The molecule has 6 nitrogen and oxygen atoms in total. The molecule has 0 spiro atoms. The van der Waals surface area contributed by atoms with Crippen molar-refractivity contribution in [2.75, 3.05) is 14.2 Å². The number of aryl methyl sites for hydroxylation is 2. The fourth-order valence-electron chi connectivity index (χ4n) is 4.17. The van der Waals surface area contributed by atoms with Crippen LogP contribution in [0.4, 0.5) is 0 Å². The highest BCUT2D eigenvalue weighted by molar-refractivity contribution is 9.10. The number of benzene rings is 2. The zero-order valence-electron chi connectivity index (χ0n) is 16.5. The van der Waals surface area contributed by atoms with Crippen LogP contribution in [0, 0.1) is 29.6 Å². The zero-order chi connectivity index (χ0) is 20.9. The summed E-state index contributed by atoms with van der Waals surface area (Å²) < 4.78 is 19.6. The summed E-state index contributed by atoms with van der Waals surface area (Å²) in [5.74, 6) is 0.636. The van der Waals surface area contributed by atoms with Gasteiger partial charge in [0.05, 0.1) is 30.3 Å². The Labute approximate surface area is 177 Å².